The van der Waals surface area contributed by atoms with E-state index in [1.54, 1.807) is 0 Å². The Kier molecular flexibility index (Phi) is 16.3. The summed E-state index contributed by atoms with van der Waals surface area (Å²) in [6.07, 6.45) is 5.85. The van der Waals surface area contributed by atoms with Crippen LogP contribution in [-0.4, -0.2) is 0 Å². The Bertz CT molecular complexity index is 6920. The summed E-state index contributed by atoms with van der Waals surface area (Å²) >= 11 is 0. The third-order valence-corrected chi connectivity index (χ3v) is 28.4. The molecule has 0 amide bonds. The Hall–Kier alpha value is -16.0. The molecule has 0 radical (unpaired) electrons. The molecule has 1 unspecified atom stereocenters. The first-order valence-corrected chi connectivity index (χ1v) is 43.9. The van der Waals surface area contributed by atoms with Crippen LogP contribution in [0.4, 0.5) is 34.1 Å². The van der Waals surface area contributed by atoms with Crippen LogP contribution in [0, 0.1) is 0 Å². The quantitative estimate of drug-likeness (QED) is 0.0944. The SMILES string of the molecule is C=Cc1cccc(-c2cccc(C(c3cc(N(c4cccc(-c5cccc(C=C)c5)c4)c4ccc5c(c4)C4(c6ccccc6-c6ccccc64)c4ccccc4-5)cc(N(c4cccc(-c5cccc(C=C)c5)c4)c4ccc5c(c4)C4(c6ccccc6-c6ccccc64)c4ccccc4-5)c3)c3ccc4c(c3)C3(c5ccccc5-c5ccccc53)c3ccccc3-4)c2)c1. The maximum atomic E-state index is 4.29. The lowest BCUT2D eigenvalue weighted by atomic mass is 9.70. The Morgan fingerprint density at radius 3 is 0.730 bits per heavy atom. The second-order valence-electron chi connectivity index (χ2n) is 34.5. The van der Waals surface area contributed by atoms with Crippen molar-refractivity contribution < 1.29 is 0 Å². The smallest absolute Gasteiger partial charge is 0.0726 e. The van der Waals surface area contributed by atoms with Gasteiger partial charge in [0, 0.05) is 40.0 Å². The first-order valence-electron chi connectivity index (χ1n) is 43.9. The van der Waals surface area contributed by atoms with Gasteiger partial charge in [0.05, 0.1) is 16.2 Å². The van der Waals surface area contributed by atoms with Crippen molar-refractivity contribution in [3.63, 3.8) is 0 Å². The summed E-state index contributed by atoms with van der Waals surface area (Å²) in [4.78, 5) is 5.17. The highest BCUT2D eigenvalue weighted by Gasteiger charge is 2.55. The van der Waals surface area contributed by atoms with E-state index in [-0.39, 0.29) is 0 Å². The zero-order chi connectivity index (χ0) is 83.5. The van der Waals surface area contributed by atoms with Gasteiger partial charge in [0.25, 0.3) is 0 Å². The molecule has 0 aliphatic heterocycles. The normalized spacial score (nSPS) is 13.8. The lowest BCUT2D eigenvalue weighted by molar-refractivity contribution is 0.789. The second-order valence-corrected chi connectivity index (χ2v) is 34.5. The van der Waals surface area contributed by atoms with E-state index in [0.717, 1.165) is 95.3 Å². The molecular formula is C124H82N2. The van der Waals surface area contributed by atoms with Gasteiger partial charge in [-0.05, 0) is 285 Å². The van der Waals surface area contributed by atoms with Crippen molar-refractivity contribution in [2.24, 2.45) is 0 Å². The molecule has 25 rings (SSSR count). The van der Waals surface area contributed by atoms with Crippen LogP contribution in [0.1, 0.15) is 106 Å². The lowest BCUT2D eigenvalue weighted by Gasteiger charge is -2.34. The molecule has 126 heavy (non-hydrogen) atoms. The number of fused-ring (bicyclic) bond motifs is 30. The monoisotopic (exact) mass is 1600 g/mol. The summed E-state index contributed by atoms with van der Waals surface area (Å²) in [6, 6.07) is 167. The van der Waals surface area contributed by atoms with Gasteiger partial charge in [0.15, 0.2) is 0 Å². The van der Waals surface area contributed by atoms with E-state index >= 15 is 0 Å². The van der Waals surface area contributed by atoms with Crippen molar-refractivity contribution in [2.75, 3.05) is 9.80 Å². The van der Waals surface area contributed by atoms with Gasteiger partial charge in [-0.2, -0.15) is 0 Å². The fourth-order valence-corrected chi connectivity index (χ4v) is 23.3. The number of nitrogens with zero attached hydrogens (tertiary/aromatic N) is 2. The fraction of sp³-hybridized carbons (Fsp3) is 0.0323. The minimum absolute atomic E-state index is 0.414. The van der Waals surface area contributed by atoms with Crippen LogP contribution in [0.5, 0.6) is 0 Å². The fourth-order valence-electron chi connectivity index (χ4n) is 23.3. The minimum atomic E-state index is -0.648. The topological polar surface area (TPSA) is 6.48 Å². The van der Waals surface area contributed by atoms with Crippen molar-refractivity contribution in [3.8, 4) is 100 Å². The maximum absolute atomic E-state index is 4.29. The van der Waals surface area contributed by atoms with Gasteiger partial charge in [-0.3, -0.25) is 0 Å². The van der Waals surface area contributed by atoms with E-state index in [1.165, 1.54) is 139 Å². The van der Waals surface area contributed by atoms with Crippen molar-refractivity contribution >= 4 is 52.4 Å². The Labute approximate surface area is 736 Å². The molecule has 0 fully saturated rings. The molecule has 0 heterocycles. The molecule has 2 heteroatoms. The summed E-state index contributed by atoms with van der Waals surface area (Å²) in [5.74, 6) is -0.414. The zero-order valence-corrected chi connectivity index (χ0v) is 69.4. The molecule has 0 aromatic heterocycles. The Morgan fingerprint density at radius 2 is 0.413 bits per heavy atom. The molecular weight excluding hydrogens is 1520 g/mol. The average molecular weight is 1600 g/mol. The number of hydrogen-bond acceptors (Lipinski definition) is 2. The Morgan fingerprint density at radius 1 is 0.167 bits per heavy atom. The van der Waals surface area contributed by atoms with E-state index in [2.05, 4.69) is 466 Å². The van der Waals surface area contributed by atoms with Gasteiger partial charge in [0.1, 0.15) is 0 Å². The van der Waals surface area contributed by atoms with E-state index in [0.29, 0.717) is 0 Å². The van der Waals surface area contributed by atoms with Gasteiger partial charge in [-0.1, -0.05) is 390 Å². The Balaban J connectivity index is 0.813. The highest BCUT2D eigenvalue weighted by Crippen LogP contribution is 2.68. The van der Waals surface area contributed by atoms with Crippen LogP contribution < -0.4 is 9.80 Å². The molecule has 19 aromatic rings. The minimum Gasteiger partial charge on any atom is -0.310 e. The molecule has 6 aliphatic carbocycles. The van der Waals surface area contributed by atoms with E-state index in [4.69, 9.17) is 0 Å². The predicted octanol–water partition coefficient (Wildman–Crippen LogP) is 31.8. The largest absolute Gasteiger partial charge is 0.310 e. The van der Waals surface area contributed by atoms with Crippen LogP contribution in [0.25, 0.3) is 118 Å². The van der Waals surface area contributed by atoms with Crippen LogP contribution >= 0.6 is 0 Å². The van der Waals surface area contributed by atoms with E-state index < -0.39 is 22.2 Å². The lowest BCUT2D eigenvalue weighted by Crippen LogP contribution is -2.26. The molecule has 588 valence electrons. The number of rotatable bonds is 15. The molecule has 1 atom stereocenters. The van der Waals surface area contributed by atoms with Gasteiger partial charge in [-0.25, -0.2) is 0 Å². The molecule has 0 bridgehead atoms. The van der Waals surface area contributed by atoms with Gasteiger partial charge in [-0.15, -0.1) is 0 Å². The highest BCUT2D eigenvalue weighted by atomic mass is 15.2. The summed E-state index contributed by atoms with van der Waals surface area (Å²) in [6.45, 7) is 12.9. The molecule has 0 saturated carbocycles. The number of anilines is 6. The summed E-state index contributed by atoms with van der Waals surface area (Å²) in [5.41, 5.74) is 47.7. The molecule has 19 aromatic carbocycles. The highest BCUT2D eigenvalue weighted by molar-refractivity contribution is 6.01. The first-order chi connectivity index (χ1) is 62.3. The maximum Gasteiger partial charge on any atom is 0.0726 e. The van der Waals surface area contributed by atoms with Gasteiger partial charge >= 0.3 is 0 Å². The molecule has 6 aliphatic rings. The molecule has 0 N–H and O–H groups in total. The van der Waals surface area contributed by atoms with Crippen molar-refractivity contribution in [2.45, 2.75) is 22.2 Å². The predicted molar refractivity (Wildman–Crippen MR) is 525 cm³/mol. The molecule has 2 nitrogen and oxygen atoms in total. The average Bonchev–Trinajstić information content (AvgIpc) is 1.52. The van der Waals surface area contributed by atoms with E-state index in [1.807, 2.05) is 18.2 Å². The molecule has 0 saturated heterocycles. The van der Waals surface area contributed by atoms with Crippen molar-refractivity contribution in [1.82, 2.24) is 0 Å². The summed E-state index contributed by atoms with van der Waals surface area (Å²) in [5, 5.41) is 0. The van der Waals surface area contributed by atoms with Crippen molar-refractivity contribution in [1.29, 1.82) is 0 Å². The standard InChI is InChI=1S/C124H82N2/c1-4-79-31-25-34-82(67-79)85-37-28-40-88(70-85)121(89-61-64-106-103-49-13-22-58-115(103)122(118(106)75-89)109-52-16-7-43-97(109)98-44-8-17-53-110(98)122)90-73-95(125(91-41-29-38-86(71-91)83-35-26-32-80(5-2)68-83)93-62-65-107-104-50-14-23-59-116(104)123(119(107)77-93)111-54-18-9-45-99(111)100-46-10-19-55-112(100)123)76-96(74-90)126(92-42-30-39-87(72-92)84-36-27-33-81(6-3)69-84)94-63-66-108-105-51-15-24-60-117(105)124(120(108)78-94)113-56-20-11-47-101(113)102-48-12-21-57-114(102)124/h4-78,121H,1-3H2. The summed E-state index contributed by atoms with van der Waals surface area (Å²) < 4.78 is 0. The van der Waals surface area contributed by atoms with Gasteiger partial charge < -0.3 is 9.80 Å². The summed E-state index contributed by atoms with van der Waals surface area (Å²) in [7, 11) is 0. The van der Waals surface area contributed by atoms with Crippen LogP contribution in [0.15, 0.2) is 457 Å². The third-order valence-electron chi connectivity index (χ3n) is 28.4. The number of benzene rings is 19. The molecule has 3 spiro atoms. The second kappa shape index (κ2) is 28.3. The van der Waals surface area contributed by atoms with Crippen LogP contribution in [0.2, 0.25) is 0 Å². The third kappa shape index (κ3) is 10.4. The van der Waals surface area contributed by atoms with Crippen molar-refractivity contribution in [3.05, 3.63) is 557 Å². The van der Waals surface area contributed by atoms with Crippen LogP contribution in [-0.2, 0) is 16.2 Å². The zero-order valence-electron chi connectivity index (χ0n) is 69.4. The van der Waals surface area contributed by atoms with E-state index in [9.17, 15) is 0 Å². The van der Waals surface area contributed by atoms with Gasteiger partial charge in [0.2, 0.25) is 0 Å². The number of hydrogen-bond donors (Lipinski definition) is 0. The van der Waals surface area contributed by atoms with Crippen LogP contribution in [0.3, 0.4) is 0 Å². The first kappa shape index (κ1) is 72.8.